The lowest BCUT2D eigenvalue weighted by atomic mass is 10.1. The van der Waals surface area contributed by atoms with Crippen molar-refractivity contribution in [2.75, 3.05) is 0 Å². The zero-order valence-corrected chi connectivity index (χ0v) is 7.42. The standard InChI is InChI=1S/C9H8N2O3/c1-4-2-6-7(11-9(14)10-6)3-5(4)8(12)13/h2-3H,1H3,(H,12,13)(H2,10,11,14). The molecule has 0 atom stereocenters. The number of rotatable bonds is 1. The van der Waals surface area contributed by atoms with Gasteiger partial charge in [0.15, 0.2) is 0 Å². The Balaban J connectivity index is 2.82. The van der Waals surface area contributed by atoms with Crippen molar-refractivity contribution in [2.45, 2.75) is 6.92 Å². The molecule has 1 heterocycles. The van der Waals surface area contributed by atoms with Crippen molar-refractivity contribution >= 4 is 17.0 Å². The van der Waals surface area contributed by atoms with Gasteiger partial charge in [-0.05, 0) is 24.6 Å². The van der Waals surface area contributed by atoms with Crippen LogP contribution in [0.1, 0.15) is 15.9 Å². The number of carboxylic acid groups (broad SMARTS) is 1. The molecule has 0 aliphatic carbocycles. The molecule has 0 spiro atoms. The minimum absolute atomic E-state index is 0.202. The van der Waals surface area contributed by atoms with E-state index < -0.39 is 5.97 Å². The van der Waals surface area contributed by atoms with Gasteiger partial charge in [-0.25, -0.2) is 9.59 Å². The van der Waals surface area contributed by atoms with Crippen LogP contribution in [0.4, 0.5) is 0 Å². The third-order valence-corrected chi connectivity index (χ3v) is 2.09. The van der Waals surface area contributed by atoms with Crippen molar-refractivity contribution in [1.29, 1.82) is 0 Å². The highest BCUT2D eigenvalue weighted by Gasteiger charge is 2.09. The second-order valence-corrected chi connectivity index (χ2v) is 3.10. The van der Waals surface area contributed by atoms with E-state index in [0.29, 0.717) is 16.6 Å². The van der Waals surface area contributed by atoms with E-state index in [1.54, 1.807) is 13.0 Å². The molecular formula is C9H8N2O3. The molecule has 1 aromatic heterocycles. The van der Waals surface area contributed by atoms with Crippen molar-refractivity contribution in [3.05, 3.63) is 33.7 Å². The number of hydrogen-bond donors (Lipinski definition) is 3. The second-order valence-electron chi connectivity index (χ2n) is 3.10. The number of H-pyrrole nitrogens is 2. The summed E-state index contributed by atoms with van der Waals surface area (Å²) in [6.45, 7) is 1.69. The van der Waals surface area contributed by atoms with Gasteiger partial charge in [-0.1, -0.05) is 0 Å². The number of imidazole rings is 1. The highest BCUT2D eigenvalue weighted by atomic mass is 16.4. The van der Waals surface area contributed by atoms with E-state index in [0.717, 1.165) is 0 Å². The summed E-state index contributed by atoms with van der Waals surface area (Å²) in [6, 6.07) is 3.08. The topological polar surface area (TPSA) is 86.0 Å². The number of aryl methyl sites for hydroxylation is 1. The van der Waals surface area contributed by atoms with Crippen LogP contribution in [-0.2, 0) is 0 Å². The molecule has 0 radical (unpaired) electrons. The van der Waals surface area contributed by atoms with E-state index in [9.17, 15) is 9.59 Å². The van der Waals surface area contributed by atoms with Gasteiger partial charge in [0.1, 0.15) is 0 Å². The maximum Gasteiger partial charge on any atom is 0.336 e. The third-order valence-electron chi connectivity index (χ3n) is 2.09. The lowest BCUT2D eigenvalue weighted by molar-refractivity contribution is 0.0696. The Kier molecular flexibility index (Phi) is 1.67. The van der Waals surface area contributed by atoms with Crippen molar-refractivity contribution in [2.24, 2.45) is 0 Å². The van der Waals surface area contributed by atoms with Gasteiger partial charge < -0.3 is 15.1 Å². The summed E-state index contributed by atoms with van der Waals surface area (Å²) in [7, 11) is 0. The van der Waals surface area contributed by atoms with E-state index in [2.05, 4.69) is 9.97 Å². The van der Waals surface area contributed by atoms with E-state index in [1.807, 2.05) is 0 Å². The van der Waals surface area contributed by atoms with Crippen LogP contribution in [0.3, 0.4) is 0 Å². The fourth-order valence-electron chi connectivity index (χ4n) is 1.42. The molecule has 72 valence electrons. The molecule has 0 saturated carbocycles. The first kappa shape index (κ1) is 8.55. The van der Waals surface area contributed by atoms with Crippen molar-refractivity contribution in [3.8, 4) is 0 Å². The minimum atomic E-state index is -0.994. The van der Waals surface area contributed by atoms with E-state index in [-0.39, 0.29) is 11.3 Å². The Morgan fingerprint density at radius 1 is 1.29 bits per heavy atom. The summed E-state index contributed by atoms with van der Waals surface area (Å²) in [5, 5.41) is 8.83. The van der Waals surface area contributed by atoms with Crippen molar-refractivity contribution in [3.63, 3.8) is 0 Å². The van der Waals surface area contributed by atoms with Crippen LogP contribution >= 0.6 is 0 Å². The molecule has 0 amide bonds. The summed E-state index contributed by atoms with van der Waals surface area (Å²) in [6.07, 6.45) is 0. The van der Waals surface area contributed by atoms with Crippen molar-refractivity contribution in [1.82, 2.24) is 9.97 Å². The Morgan fingerprint density at radius 3 is 2.43 bits per heavy atom. The van der Waals surface area contributed by atoms with Gasteiger partial charge in [0.2, 0.25) is 0 Å². The summed E-state index contributed by atoms with van der Waals surface area (Å²) >= 11 is 0. The van der Waals surface area contributed by atoms with E-state index in [1.165, 1.54) is 6.07 Å². The third kappa shape index (κ3) is 1.19. The molecule has 5 heteroatoms. The normalized spacial score (nSPS) is 10.6. The summed E-state index contributed by atoms with van der Waals surface area (Å²) in [5.74, 6) is -0.994. The average Bonchev–Trinajstić information content (AvgIpc) is 2.42. The molecular weight excluding hydrogens is 184 g/mol. The van der Waals surface area contributed by atoms with Gasteiger partial charge in [0.25, 0.3) is 0 Å². The van der Waals surface area contributed by atoms with Gasteiger partial charge in [-0.15, -0.1) is 0 Å². The number of fused-ring (bicyclic) bond motifs is 1. The summed E-state index contributed by atoms with van der Waals surface area (Å²) in [5.41, 5.74) is 1.63. The first-order chi connectivity index (χ1) is 6.58. The molecule has 0 bridgehead atoms. The molecule has 2 rings (SSSR count). The molecule has 1 aromatic carbocycles. The van der Waals surface area contributed by atoms with Crippen LogP contribution in [0.5, 0.6) is 0 Å². The van der Waals surface area contributed by atoms with Crippen LogP contribution in [0.15, 0.2) is 16.9 Å². The molecule has 0 saturated heterocycles. The van der Waals surface area contributed by atoms with Crippen LogP contribution in [0.2, 0.25) is 0 Å². The molecule has 0 aliphatic heterocycles. The molecule has 2 aromatic rings. The average molecular weight is 192 g/mol. The number of carbonyl (C=O) groups is 1. The second kappa shape index (κ2) is 2.73. The molecule has 3 N–H and O–H groups in total. The van der Waals surface area contributed by atoms with E-state index in [4.69, 9.17) is 5.11 Å². The molecule has 0 fully saturated rings. The van der Waals surface area contributed by atoms with Crippen LogP contribution in [0.25, 0.3) is 11.0 Å². The summed E-state index contributed by atoms with van der Waals surface area (Å²) < 4.78 is 0. The van der Waals surface area contributed by atoms with Crippen LogP contribution in [0, 0.1) is 6.92 Å². The molecule has 0 unspecified atom stereocenters. The number of aromatic nitrogens is 2. The Hall–Kier alpha value is -2.04. The van der Waals surface area contributed by atoms with Gasteiger partial charge in [0.05, 0.1) is 16.6 Å². The van der Waals surface area contributed by atoms with Gasteiger partial charge in [-0.2, -0.15) is 0 Å². The predicted octanol–water partition coefficient (Wildman–Crippen LogP) is 0.863. The number of aromatic carboxylic acids is 1. The van der Waals surface area contributed by atoms with Gasteiger partial charge >= 0.3 is 11.7 Å². The molecule has 5 nitrogen and oxygen atoms in total. The Bertz CT molecular complexity index is 565. The number of aromatic amines is 2. The lowest BCUT2D eigenvalue weighted by Gasteiger charge is -1.99. The lowest BCUT2D eigenvalue weighted by Crippen LogP contribution is -1.99. The molecule has 0 aliphatic rings. The Morgan fingerprint density at radius 2 is 1.86 bits per heavy atom. The zero-order chi connectivity index (χ0) is 10.3. The van der Waals surface area contributed by atoms with Gasteiger partial charge in [-0.3, -0.25) is 0 Å². The first-order valence-electron chi connectivity index (χ1n) is 4.04. The molecule has 14 heavy (non-hydrogen) atoms. The number of benzene rings is 1. The highest BCUT2D eigenvalue weighted by molar-refractivity contribution is 5.94. The minimum Gasteiger partial charge on any atom is -0.478 e. The predicted molar refractivity (Wildman–Crippen MR) is 50.6 cm³/mol. The zero-order valence-electron chi connectivity index (χ0n) is 7.42. The number of carboxylic acids is 1. The van der Waals surface area contributed by atoms with E-state index >= 15 is 0 Å². The summed E-state index contributed by atoms with van der Waals surface area (Å²) in [4.78, 5) is 26.8. The quantitative estimate of drug-likeness (QED) is 0.626. The number of hydrogen-bond acceptors (Lipinski definition) is 2. The SMILES string of the molecule is Cc1cc2[nH]c(=O)[nH]c2cc1C(=O)O. The fraction of sp³-hybridized carbons (Fsp3) is 0.111. The van der Waals surface area contributed by atoms with Gasteiger partial charge in [0, 0.05) is 0 Å². The number of nitrogens with one attached hydrogen (secondary N) is 2. The highest BCUT2D eigenvalue weighted by Crippen LogP contribution is 2.15. The maximum absolute atomic E-state index is 10.9. The van der Waals surface area contributed by atoms with Crippen LogP contribution in [-0.4, -0.2) is 21.0 Å². The maximum atomic E-state index is 10.9. The first-order valence-corrected chi connectivity index (χ1v) is 4.04. The smallest absolute Gasteiger partial charge is 0.336 e. The van der Waals surface area contributed by atoms with Crippen molar-refractivity contribution < 1.29 is 9.90 Å². The monoisotopic (exact) mass is 192 g/mol. The fourth-order valence-corrected chi connectivity index (χ4v) is 1.42. The largest absolute Gasteiger partial charge is 0.478 e. The van der Waals surface area contributed by atoms with Crippen LogP contribution < -0.4 is 5.69 Å². The Labute approximate surface area is 78.4 Å².